The fourth-order valence-corrected chi connectivity index (χ4v) is 2.70. The highest BCUT2D eigenvalue weighted by Gasteiger charge is 2.11. The molecule has 0 unspecified atom stereocenters. The zero-order valence-corrected chi connectivity index (χ0v) is 11.8. The number of benzene rings is 1. The van der Waals surface area contributed by atoms with E-state index in [2.05, 4.69) is 13.0 Å². The Balaban J connectivity index is 2.63. The molecule has 0 radical (unpaired) electrons. The van der Waals surface area contributed by atoms with Crippen molar-refractivity contribution in [1.29, 1.82) is 0 Å². The molecule has 0 amide bonds. The Bertz CT molecular complexity index is 566. The van der Waals surface area contributed by atoms with Gasteiger partial charge in [-0.2, -0.15) is 0 Å². The molecule has 96 valence electrons. The van der Waals surface area contributed by atoms with E-state index >= 15 is 0 Å². The van der Waals surface area contributed by atoms with Crippen LogP contribution in [-0.4, -0.2) is 18.7 Å². The number of aromatic nitrogens is 1. The highest BCUT2D eigenvalue weighted by Crippen LogP contribution is 2.30. The molecule has 3 heteroatoms. The van der Waals surface area contributed by atoms with Crippen molar-refractivity contribution in [2.75, 3.05) is 13.7 Å². The molecule has 0 atom stereocenters. The Hall–Kier alpha value is -1.12. The summed E-state index contributed by atoms with van der Waals surface area (Å²) in [5.41, 5.74) is 4.38. The van der Waals surface area contributed by atoms with Gasteiger partial charge in [-0.05, 0) is 30.9 Å². The van der Waals surface area contributed by atoms with E-state index in [1.807, 2.05) is 19.1 Å². The summed E-state index contributed by atoms with van der Waals surface area (Å²) in [6.07, 6.45) is 1.78. The quantitative estimate of drug-likeness (QED) is 0.833. The molecule has 2 aromatic rings. The molecule has 0 aliphatic rings. The van der Waals surface area contributed by atoms with E-state index in [0.717, 1.165) is 40.0 Å². The van der Waals surface area contributed by atoms with Gasteiger partial charge in [0.15, 0.2) is 0 Å². The van der Waals surface area contributed by atoms with Crippen molar-refractivity contribution in [1.82, 2.24) is 4.98 Å². The van der Waals surface area contributed by atoms with Crippen molar-refractivity contribution in [3.63, 3.8) is 0 Å². The minimum atomic E-state index is 0.701. The highest BCUT2D eigenvalue weighted by molar-refractivity contribution is 6.36. The number of methoxy groups -OCH3 is 1. The lowest BCUT2D eigenvalue weighted by molar-refractivity contribution is 0.202. The zero-order valence-electron chi connectivity index (χ0n) is 11.1. The largest absolute Gasteiger partial charge is 0.384 e. The molecular weight excluding hydrogens is 246 g/mol. The summed E-state index contributed by atoms with van der Waals surface area (Å²) in [7, 11) is 1.71. The van der Waals surface area contributed by atoms with Crippen molar-refractivity contribution in [3.8, 4) is 0 Å². The first-order chi connectivity index (χ1) is 8.69. The maximum Gasteiger partial charge on any atom is 0.0753 e. The van der Waals surface area contributed by atoms with E-state index in [1.165, 1.54) is 5.56 Å². The van der Waals surface area contributed by atoms with E-state index in [-0.39, 0.29) is 0 Å². The van der Waals surface area contributed by atoms with E-state index in [0.29, 0.717) is 6.61 Å². The lowest BCUT2D eigenvalue weighted by Gasteiger charge is -2.12. The van der Waals surface area contributed by atoms with E-state index < -0.39 is 0 Å². The fourth-order valence-electron chi connectivity index (χ4n) is 2.28. The number of para-hydroxylation sites is 1. The van der Waals surface area contributed by atoms with Gasteiger partial charge in [-0.15, -0.1) is 0 Å². The van der Waals surface area contributed by atoms with Gasteiger partial charge in [-0.3, -0.25) is 4.98 Å². The molecule has 0 fully saturated rings. The molecule has 0 N–H and O–H groups in total. The first kappa shape index (κ1) is 13.3. The minimum Gasteiger partial charge on any atom is -0.384 e. The number of rotatable bonds is 4. The third kappa shape index (κ3) is 2.36. The van der Waals surface area contributed by atoms with Crippen molar-refractivity contribution in [2.45, 2.75) is 26.7 Å². The highest BCUT2D eigenvalue weighted by atomic mass is 35.5. The summed E-state index contributed by atoms with van der Waals surface area (Å²) in [4.78, 5) is 4.72. The molecule has 1 heterocycles. The number of fused-ring (bicyclic) bond motifs is 1. The second kappa shape index (κ2) is 5.68. The monoisotopic (exact) mass is 263 g/mol. The lowest BCUT2D eigenvalue weighted by Crippen LogP contribution is -2.00. The van der Waals surface area contributed by atoms with Gasteiger partial charge in [0.25, 0.3) is 0 Å². The summed E-state index contributed by atoms with van der Waals surface area (Å²) in [6.45, 7) is 4.83. The van der Waals surface area contributed by atoms with Gasteiger partial charge >= 0.3 is 0 Å². The number of halogens is 1. The molecule has 0 aliphatic carbocycles. The molecule has 1 aromatic heterocycles. The van der Waals surface area contributed by atoms with Crippen molar-refractivity contribution in [2.24, 2.45) is 0 Å². The zero-order chi connectivity index (χ0) is 13.1. The summed E-state index contributed by atoms with van der Waals surface area (Å²) in [5, 5.41) is 1.90. The normalized spacial score (nSPS) is 11.1. The minimum absolute atomic E-state index is 0.701. The topological polar surface area (TPSA) is 22.1 Å². The van der Waals surface area contributed by atoms with Gasteiger partial charge < -0.3 is 4.74 Å². The Morgan fingerprint density at radius 3 is 2.78 bits per heavy atom. The Kier molecular flexibility index (Phi) is 4.20. The van der Waals surface area contributed by atoms with Crippen LogP contribution < -0.4 is 0 Å². The van der Waals surface area contributed by atoms with Crippen LogP contribution >= 0.6 is 11.6 Å². The Labute approximate surface area is 113 Å². The van der Waals surface area contributed by atoms with Crippen LogP contribution in [0, 0.1) is 6.92 Å². The summed E-state index contributed by atoms with van der Waals surface area (Å²) in [6, 6.07) is 6.17. The summed E-state index contributed by atoms with van der Waals surface area (Å²) < 4.78 is 5.14. The van der Waals surface area contributed by atoms with Crippen molar-refractivity contribution < 1.29 is 4.74 Å². The molecule has 2 nitrogen and oxygen atoms in total. The van der Waals surface area contributed by atoms with Crippen LogP contribution in [0.5, 0.6) is 0 Å². The van der Waals surface area contributed by atoms with Crippen molar-refractivity contribution in [3.05, 3.63) is 40.0 Å². The van der Waals surface area contributed by atoms with Gasteiger partial charge in [0.2, 0.25) is 0 Å². The fraction of sp³-hybridized carbons (Fsp3) is 0.400. The van der Waals surface area contributed by atoms with Crippen LogP contribution in [-0.2, 0) is 17.6 Å². The molecule has 18 heavy (non-hydrogen) atoms. The van der Waals surface area contributed by atoms with Crippen LogP contribution in [0.1, 0.15) is 23.7 Å². The van der Waals surface area contributed by atoms with Gasteiger partial charge in [0.05, 0.1) is 17.1 Å². The van der Waals surface area contributed by atoms with E-state index in [1.54, 1.807) is 7.11 Å². The lowest BCUT2D eigenvalue weighted by atomic mass is 10.0. The maximum absolute atomic E-state index is 6.48. The number of nitrogens with zero attached hydrogens (tertiary/aromatic N) is 1. The molecule has 0 saturated heterocycles. The molecule has 1 aromatic carbocycles. The molecule has 0 saturated carbocycles. The second-order valence-corrected chi connectivity index (χ2v) is 4.78. The standard InChI is InChI=1S/C15H18ClNO/c1-4-12-10(2)17-15-11(8-9-18-3)6-5-7-13(15)14(12)16/h5-7H,4,8-9H2,1-3H3. The van der Waals surface area contributed by atoms with Gasteiger partial charge in [0, 0.05) is 18.2 Å². The second-order valence-electron chi connectivity index (χ2n) is 4.40. The average molecular weight is 264 g/mol. The number of hydrogen-bond donors (Lipinski definition) is 0. The first-order valence-electron chi connectivity index (χ1n) is 6.24. The van der Waals surface area contributed by atoms with Crippen molar-refractivity contribution >= 4 is 22.5 Å². The number of hydrogen-bond acceptors (Lipinski definition) is 2. The van der Waals surface area contributed by atoms with E-state index in [4.69, 9.17) is 21.3 Å². The molecular formula is C15H18ClNO. The number of pyridine rings is 1. The third-order valence-corrected chi connectivity index (χ3v) is 3.70. The summed E-state index contributed by atoms with van der Waals surface area (Å²) >= 11 is 6.48. The summed E-state index contributed by atoms with van der Waals surface area (Å²) in [5.74, 6) is 0. The molecule has 0 bridgehead atoms. The number of aryl methyl sites for hydroxylation is 1. The predicted molar refractivity (Wildman–Crippen MR) is 76.4 cm³/mol. The molecule has 2 rings (SSSR count). The smallest absolute Gasteiger partial charge is 0.0753 e. The van der Waals surface area contributed by atoms with Gasteiger partial charge in [-0.1, -0.05) is 36.7 Å². The maximum atomic E-state index is 6.48. The van der Waals surface area contributed by atoms with Crippen LogP contribution in [0.3, 0.4) is 0 Å². The van der Waals surface area contributed by atoms with Crippen LogP contribution in [0.4, 0.5) is 0 Å². The molecule has 0 aliphatic heterocycles. The van der Waals surface area contributed by atoms with Crippen LogP contribution in [0.25, 0.3) is 10.9 Å². The Morgan fingerprint density at radius 1 is 1.33 bits per heavy atom. The average Bonchev–Trinajstić information content (AvgIpc) is 2.37. The van der Waals surface area contributed by atoms with Gasteiger partial charge in [0.1, 0.15) is 0 Å². The van der Waals surface area contributed by atoms with Gasteiger partial charge in [-0.25, -0.2) is 0 Å². The van der Waals surface area contributed by atoms with Crippen LogP contribution in [0.15, 0.2) is 18.2 Å². The first-order valence-corrected chi connectivity index (χ1v) is 6.62. The number of ether oxygens (including phenoxy) is 1. The Morgan fingerprint density at radius 2 is 2.11 bits per heavy atom. The predicted octanol–water partition coefficient (Wildman–Crippen LogP) is 3.95. The SMILES string of the molecule is CCc1c(C)nc2c(CCOC)cccc2c1Cl. The third-order valence-electron chi connectivity index (χ3n) is 3.27. The molecule has 0 spiro atoms. The van der Waals surface area contributed by atoms with Crippen LogP contribution in [0.2, 0.25) is 5.02 Å². The van der Waals surface area contributed by atoms with E-state index in [9.17, 15) is 0 Å².